The number of carbonyl (C=O) groups excluding carboxylic acids is 1. The molecule has 0 heterocycles. The number of aryl methyl sites for hydroxylation is 1. The highest BCUT2D eigenvalue weighted by Crippen LogP contribution is 2.22. The standard InChI is InChI=1S/C20H18N2O3/c1-13-11-18(9-10-19(13)22(24)25)20(23)21-14(2)16-8-7-15-5-3-4-6-17(15)12-16/h3-12,14H,1-2H3,(H,21,23)/t14-/m0/s1. The van der Waals surface area contributed by atoms with Crippen LogP contribution in [0.1, 0.15) is 34.5 Å². The molecule has 5 nitrogen and oxygen atoms in total. The first-order chi connectivity index (χ1) is 12.0. The molecule has 0 bridgehead atoms. The molecule has 3 aromatic rings. The number of rotatable bonds is 4. The monoisotopic (exact) mass is 334 g/mol. The van der Waals surface area contributed by atoms with Crippen molar-refractivity contribution in [3.05, 3.63) is 87.5 Å². The Morgan fingerprint density at radius 1 is 1.04 bits per heavy atom. The van der Waals surface area contributed by atoms with Gasteiger partial charge in [-0.25, -0.2) is 0 Å². The zero-order valence-corrected chi connectivity index (χ0v) is 14.0. The molecule has 1 atom stereocenters. The number of nitrogens with zero attached hydrogens (tertiary/aromatic N) is 1. The lowest BCUT2D eigenvalue weighted by Crippen LogP contribution is -2.26. The van der Waals surface area contributed by atoms with Gasteiger partial charge in [0.25, 0.3) is 11.6 Å². The van der Waals surface area contributed by atoms with Gasteiger partial charge in [0.1, 0.15) is 0 Å². The first-order valence-corrected chi connectivity index (χ1v) is 8.00. The minimum absolute atomic E-state index is 0.0131. The quantitative estimate of drug-likeness (QED) is 0.562. The summed E-state index contributed by atoms with van der Waals surface area (Å²) in [6, 6.07) is 18.3. The fourth-order valence-electron chi connectivity index (χ4n) is 2.84. The maximum Gasteiger partial charge on any atom is 0.272 e. The molecule has 0 aliphatic rings. The number of fused-ring (bicyclic) bond motifs is 1. The fraction of sp³-hybridized carbons (Fsp3) is 0.150. The van der Waals surface area contributed by atoms with E-state index in [2.05, 4.69) is 11.4 Å². The number of nitro groups is 1. The molecule has 1 amide bonds. The Hall–Kier alpha value is -3.21. The molecule has 5 heteroatoms. The Balaban J connectivity index is 1.79. The molecule has 3 rings (SSSR count). The summed E-state index contributed by atoms with van der Waals surface area (Å²) in [7, 11) is 0. The first-order valence-electron chi connectivity index (χ1n) is 8.00. The summed E-state index contributed by atoms with van der Waals surface area (Å²) in [4.78, 5) is 22.9. The van der Waals surface area contributed by atoms with Crippen molar-refractivity contribution in [2.75, 3.05) is 0 Å². The smallest absolute Gasteiger partial charge is 0.272 e. The van der Waals surface area contributed by atoms with Gasteiger partial charge in [0.15, 0.2) is 0 Å². The highest BCUT2D eigenvalue weighted by molar-refractivity contribution is 5.95. The number of nitrogens with one attached hydrogen (secondary N) is 1. The third kappa shape index (κ3) is 3.50. The van der Waals surface area contributed by atoms with E-state index >= 15 is 0 Å². The van der Waals surface area contributed by atoms with Crippen LogP contribution in [0.15, 0.2) is 60.7 Å². The van der Waals surface area contributed by atoms with Crippen LogP contribution < -0.4 is 5.32 Å². The number of benzene rings is 3. The molecule has 3 aromatic carbocycles. The van der Waals surface area contributed by atoms with Crippen molar-refractivity contribution in [2.45, 2.75) is 19.9 Å². The summed E-state index contributed by atoms with van der Waals surface area (Å²) >= 11 is 0. The summed E-state index contributed by atoms with van der Waals surface area (Å²) in [5.41, 5.74) is 1.90. The van der Waals surface area contributed by atoms with Gasteiger partial charge in [-0.05, 0) is 48.4 Å². The lowest BCUT2D eigenvalue weighted by molar-refractivity contribution is -0.385. The van der Waals surface area contributed by atoms with Crippen LogP contribution in [0.2, 0.25) is 0 Å². The lowest BCUT2D eigenvalue weighted by Gasteiger charge is -2.15. The van der Waals surface area contributed by atoms with Gasteiger partial charge in [0, 0.05) is 17.2 Å². The van der Waals surface area contributed by atoms with Crippen molar-refractivity contribution in [2.24, 2.45) is 0 Å². The van der Waals surface area contributed by atoms with Gasteiger partial charge in [0.2, 0.25) is 0 Å². The van der Waals surface area contributed by atoms with Crippen molar-refractivity contribution in [1.29, 1.82) is 0 Å². The van der Waals surface area contributed by atoms with Gasteiger partial charge in [-0.3, -0.25) is 14.9 Å². The topological polar surface area (TPSA) is 72.2 Å². The molecule has 0 aromatic heterocycles. The van der Waals surface area contributed by atoms with Crippen molar-refractivity contribution in [3.8, 4) is 0 Å². The molecule has 0 saturated carbocycles. The van der Waals surface area contributed by atoms with Crippen LogP contribution in [0.4, 0.5) is 5.69 Å². The maximum absolute atomic E-state index is 12.4. The minimum atomic E-state index is -0.450. The van der Waals surface area contributed by atoms with Crippen molar-refractivity contribution >= 4 is 22.4 Å². The molecule has 0 radical (unpaired) electrons. The average Bonchev–Trinajstić information content (AvgIpc) is 2.60. The Labute approximate surface area is 145 Å². The van der Waals surface area contributed by atoms with Gasteiger partial charge in [0.05, 0.1) is 11.0 Å². The molecular weight excluding hydrogens is 316 g/mol. The number of hydrogen-bond donors (Lipinski definition) is 1. The Kier molecular flexibility index (Phi) is 4.48. The number of carbonyl (C=O) groups is 1. The Morgan fingerprint density at radius 2 is 1.76 bits per heavy atom. The zero-order valence-electron chi connectivity index (χ0n) is 14.0. The van der Waals surface area contributed by atoms with Crippen molar-refractivity contribution in [1.82, 2.24) is 5.32 Å². The van der Waals surface area contributed by atoms with Gasteiger partial charge in [-0.15, -0.1) is 0 Å². The third-order valence-corrected chi connectivity index (χ3v) is 4.28. The van der Waals surface area contributed by atoms with E-state index in [1.165, 1.54) is 12.1 Å². The second kappa shape index (κ2) is 6.73. The number of nitro benzene ring substituents is 1. The molecule has 25 heavy (non-hydrogen) atoms. The van der Waals surface area contributed by atoms with Gasteiger partial charge in [-0.1, -0.05) is 36.4 Å². The third-order valence-electron chi connectivity index (χ3n) is 4.28. The largest absolute Gasteiger partial charge is 0.346 e. The number of amides is 1. The second-order valence-electron chi connectivity index (χ2n) is 6.06. The van der Waals surface area contributed by atoms with Crippen molar-refractivity contribution in [3.63, 3.8) is 0 Å². The molecule has 0 aliphatic carbocycles. The molecule has 0 unspecified atom stereocenters. The normalized spacial score (nSPS) is 11.9. The van der Waals surface area contributed by atoms with Crippen LogP contribution in [0.5, 0.6) is 0 Å². The molecule has 0 aliphatic heterocycles. The van der Waals surface area contributed by atoms with Gasteiger partial charge >= 0.3 is 0 Å². The van der Waals surface area contributed by atoms with Crippen LogP contribution in [-0.4, -0.2) is 10.8 Å². The summed E-state index contributed by atoms with van der Waals surface area (Å²) < 4.78 is 0. The first kappa shape index (κ1) is 16.6. The maximum atomic E-state index is 12.4. The van der Waals surface area contributed by atoms with E-state index in [9.17, 15) is 14.9 Å². The van der Waals surface area contributed by atoms with E-state index in [1.54, 1.807) is 13.0 Å². The second-order valence-corrected chi connectivity index (χ2v) is 6.06. The average molecular weight is 334 g/mol. The summed E-state index contributed by atoms with van der Waals surface area (Å²) in [5, 5.41) is 16.1. The van der Waals surface area contributed by atoms with E-state index in [4.69, 9.17) is 0 Å². The van der Waals surface area contributed by atoms with Gasteiger partial charge in [-0.2, -0.15) is 0 Å². The van der Waals surface area contributed by atoms with E-state index in [-0.39, 0.29) is 17.6 Å². The van der Waals surface area contributed by atoms with Crippen LogP contribution in [0.25, 0.3) is 10.8 Å². The molecule has 0 saturated heterocycles. The minimum Gasteiger partial charge on any atom is -0.346 e. The predicted molar refractivity (Wildman–Crippen MR) is 97.7 cm³/mol. The summed E-state index contributed by atoms with van der Waals surface area (Å²) in [5.74, 6) is -0.251. The highest BCUT2D eigenvalue weighted by atomic mass is 16.6. The summed E-state index contributed by atoms with van der Waals surface area (Å²) in [6.07, 6.45) is 0. The summed E-state index contributed by atoms with van der Waals surface area (Å²) in [6.45, 7) is 3.54. The van der Waals surface area contributed by atoms with Crippen molar-refractivity contribution < 1.29 is 9.72 Å². The molecular formula is C20H18N2O3. The van der Waals surface area contributed by atoms with E-state index in [1.807, 2.05) is 43.3 Å². The lowest BCUT2D eigenvalue weighted by atomic mass is 10.0. The molecule has 1 N–H and O–H groups in total. The van der Waals surface area contributed by atoms with E-state index in [0.717, 1.165) is 16.3 Å². The molecule has 126 valence electrons. The Morgan fingerprint density at radius 3 is 2.44 bits per heavy atom. The predicted octanol–water partition coefficient (Wildman–Crippen LogP) is 4.55. The van der Waals surface area contributed by atoms with Crippen LogP contribution in [0.3, 0.4) is 0 Å². The SMILES string of the molecule is Cc1cc(C(=O)N[C@@H](C)c2ccc3ccccc3c2)ccc1[N+](=O)[O-]. The van der Waals surface area contributed by atoms with E-state index < -0.39 is 4.92 Å². The molecule has 0 spiro atoms. The fourth-order valence-corrected chi connectivity index (χ4v) is 2.84. The van der Waals surface area contributed by atoms with Gasteiger partial charge < -0.3 is 5.32 Å². The van der Waals surface area contributed by atoms with Crippen LogP contribution in [-0.2, 0) is 0 Å². The van der Waals surface area contributed by atoms with Crippen LogP contribution >= 0.6 is 0 Å². The van der Waals surface area contributed by atoms with Crippen LogP contribution in [0, 0.1) is 17.0 Å². The van der Waals surface area contributed by atoms with E-state index in [0.29, 0.717) is 11.1 Å². The highest BCUT2D eigenvalue weighted by Gasteiger charge is 2.16. The number of hydrogen-bond acceptors (Lipinski definition) is 3. The Bertz CT molecular complexity index is 966. The zero-order chi connectivity index (χ0) is 18.0. The molecule has 0 fully saturated rings.